The number of hydrogen-bond acceptors (Lipinski definition) is 1. The van der Waals surface area contributed by atoms with E-state index in [0.717, 1.165) is 11.5 Å². The van der Waals surface area contributed by atoms with E-state index in [1.54, 1.807) is 0 Å². The van der Waals surface area contributed by atoms with E-state index in [9.17, 15) is 0 Å². The lowest BCUT2D eigenvalue weighted by molar-refractivity contribution is 0.252. The molecule has 0 aromatic carbocycles. The smallest absolute Gasteiger partial charge is 0.0120 e. The molecule has 1 unspecified atom stereocenters. The van der Waals surface area contributed by atoms with Crippen LogP contribution in [0.5, 0.6) is 0 Å². The van der Waals surface area contributed by atoms with Gasteiger partial charge in [0.15, 0.2) is 0 Å². The van der Waals surface area contributed by atoms with Crippen LogP contribution in [0.15, 0.2) is 0 Å². The molecule has 0 aromatic heterocycles. The molecule has 2 rings (SSSR count). The van der Waals surface area contributed by atoms with Gasteiger partial charge in [-0.15, -0.1) is 0 Å². The average Bonchev–Trinajstić information content (AvgIpc) is 2.71. The molecule has 0 saturated heterocycles. The minimum absolute atomic E-state index is 0.785. The highest BCUT2D eigenvalue weighted by Crippen LogP contribution is 2.55. The molecule has 0 heterocycles. The molecule has 1 atom stereocenters. The molecular formula is C9H17N. The fourth-order valence-corrected chi connectivity index (χ4v) is 2.52. The first-order valence-electron chi connectivity index (χ1n) is 4.55. The van der Waals surface area contributed by atoms with Crippen molar-refractivity contribution in [2.45, 2.75) is 44.6 Å². The topological polar surface area (TPSA) is 12.0 Å². The molecule has 0 aromatic rings. The molecule has 2 aliphatic carbocycles. The van der Waals surface area contributed by atoms with Gasteiger partial charge in [0, 0.05) is 6.04 Å². The van der Waals surface area contributed by atoms with Crippen LogP contribution in [0.4, 0.5) is 0 Å². The number of rotatable bonds is 1. The van der Waals surface area contributed by atoms with Crippen molar-refractivity contribution in [1.29, 1.82) is 0 Å². The van der Waals surface area contributed by atoms with Gasteiger partial charge in [0.25, 0.3) is 0 Å². The SMILES string of the molecule is CNC1CCCCC12CC2. The van der Waals surface area contributed by atoms with Crippen LogP contribution in [0.1, 0.15) is 38.5 Å². The molecule has 1 heteroatoms. The fraction of sp³-hybridized carbons (Fsp3) is 1.00. The van der Waals surface area contributed by atoms with E-state index < -0.39 is 0 Å². The summed E-state index contributed by atoms with van der Waals surface area (Å²) in [6.07, 6.45) is 8.86. The van der Waals surface area contributed by atoms with Gasteiger partial charge in [-0.25, -0.2) is 0 Å². The van der Waals surface area contributed by atoms with Crippen LogP contribution in [-0.2, 0) is 0 Å². The molecule has 2 aliphatic rings. The van der Waals surface area contributed by atoms with Gasteiger partial charge in [0.05, 0.1) is 0 Å². The molecule has 1 nitrogen and oxygen atoms in total. The highest BCUT2D eigenvalue weighted by atomic mass is 14.9. The van der Waals surface area contributed by atoms with Gasteiger partial charge < -0.3 is 5.32 Å². The van der Waals surface area contributed by atoms with E-state index in [4.69, 9.17) is 0 Å². The summed E-state index contributed by atoms with van der Waals surface area (Å²) in [4.78, 5) is 0. The summed E-state index contributed by atoms with van der Waals surface area (Å²) >= 11 is 0. The molecule has 0 aliphatic heterocycles. The summed E-state index contributed by atoms with van der Waals surface area (Å²) in [6, 6.07) is 0.862. The Kier molecular flexibility index (Phi) is 1.48. The summed E-state index contributed by atoms with van der Waals surface area (Å²) in [5.74, 6) is 0. The highest BCUT2D eigenvalue weighted by Gasteiger charge is 2.49. The summed E-state index contributed by atoms with van der Waals surface area (Å²) in [5, 5.41) is 3.46. The Labute approximate surface area is 63.2 Å². The van der Waals surface area contributed by atoms with Crippen molar-refractivity contribution in [2.75, 3.05) is 7.05 Å². The first-order chi connectivity index (χ1) is 4.87. The zero-order valence-corrected chi connectivity index (χ0v) is 6.82. The molecule has 1 N–H and O–H groups in total. The minimum Gasteiger partial charge on any atom is -0.316 e. The van der Waals surface area contributed by atoms with Crippen LogP contribution in [0, 0.1) is 5.41 Å². The molecule has 0 bridgehead atoms. The summed E-state index contributed by atoms with van der Waals surface area (Å²) < 4.78 is 0. The third kappa shape index (κ3) is 0.878. The Morgan fingerprint density at radius 2 is 2.00 bits per heavy atom. The maximum atomic E-state index is 3.46. The van der Waals surface area contributed by atoms with Gasteiger partial charge in [-0.1, -0.05) is 12.8 Å². The predicted octanol–water partition coefficient (Wildman–Crippen LogP) is 1.93. The maximum Gasteiger partial charge on any atom is 0.0120 e. The van der Waals surface area contributed by atoms with Crippen molar-refractivity contribution in [3.63, 3.8) is 0 Å². The van der Waals surface area contributed by atoms with Crippen molar-refractivity contribution in [3.05, 3.63) is 0 Å². The molecule has 2 fully saturated rings. The number of hydrogen-bond donors (Lipinski definition) is 1. The van der Waals surface area contributed by atoms with Crippen molar-refractivity contribution >= 4 is 0 Å². The lowest BCUT2D eigenvalue weighted by Crippen LogP contribution is -2.37. The van der Waals surface area contributed by atoms with Crippen LogP contribution >= 0.6 is 0 Å². The zero-order chi connectivity index (χ0) is 7.03. The van der Waals surface area contributed by atoms with E-state index in [2.05, 4.69) is 12.4 Å². The van der Waals surface area contributed by atoms with Crippen LogP contribution in [0.25, 0.3) is 0 Å². The van der Waals surface area contributed by atoms with Crippen molar-refractivity contribution in [1.82, 2.24) is 5.32 Å². The molecule has 0 radical (unpaired) electrons. The first-order valence-corrected chi connectivity index (χ1v) is 4.55. The Morgan fingerprint density at radius 1 is 1.20 bits per heavy atom. The third-order valence-corrected chi connectivity index (χ3v) is 3.40. The Bertz CT molecular complexity index is 127. The second-order valence-electron chi connectivity index (χ2n) is 3.95. The van der Waals surface area contributed by atoms with Crippen molar-refractivity contribution in [2.24, 2.45) is 5.41 Å². The summed E-state index contributed by atoms with van der Waals surface area (Å²) in [5.41, 5.74) is 0.785. The van der Waals surface area contributed by atoms with Crippen molar-refractivity contribution < 1.29 is 0 Å². The van der Waals surface area contributed by atoms with Gasteiger partial charge in [-0.2, -0.15) is 0 Å². The standard InChI is InChI=1S/C9H17N/c1-10-8-4-2-3-5-9(8)6-7-9/h8,10H,2-7H2,1H3. The van der Waals surface area contributed by atoms with Gasteiger partial charge in [0.1, 0.15) is 0 Å². The van der Waals surface area contributed by atoms with E-state index in [-0.39, 0.29) is 0 Å². The Hall–Kier alpha value is -0.0400. The molecule has 0 amide bonds. The van der Waals surface area contributed by atoms with Gasteiger partial charge >= 0.3 is 0 Å². The monoisotopic (exact) mass is 139 g/mol. The summed E-state index contributed by atoms with van der Waals surface area (Å²) in [7, 11) is 2.12. The van der Waals surface area contributed by atoms with E-state index in [1.807, 2.05) is 0 Å². The quantitative estimate of drug-likeness (QED) is 0.585. The molecule has 10 heavy (non-hydrogen) atoms. The van der Waals surface area contributed by atoms with Crippen LogP contribution in [0.2, 0.25) is 0 Å². The second kappa shape index (κ2) is 2.23. The molecule has 58 valence electrons. The number of nitrogens with one attached hydrogen (secondary N) is 1. The van der Waals surface area contributed by atoms with E-state index in [0.29, 0.717) is 0 Å². The van der Waals surface area contributed by atoms with Crippen molar-refractivity contribution in [3.8, 4) is 0 Å². The predicted molar refractivity (Wildman–Crippen MR) is 43.0 cm³/mol. The van der Waals surface area contributed by atoms with Crippen LogP contribution in [0.3, 0.4) is 0 Å². The van der Waals surface area contributed by atoms with Gasteiger partial charge in [-0.3, -0.25) is 0 Å². The second-order valence-corrected chi connectivity index (χ2v) is 3.95. The lowest BCUT2D eigenvalue weighted by Gasteiger charge is -2.31. The normalized spacial score (nSPS) is 36.3. The van der Waals surface area contributed by atoms with Gasteiger partial charge in [-0.05, 0) is 38.1 Å². The lowest BCUT2D eigenvalue weighted by atomic mass is 9.82. The maximum absolute atomic E-state index is 3.46. The molecular weight excluding hydrogens is 122 g/mol. The van der Waals surface area contributed by atoms with E-state index in [1.165, 1.54) is 38.5 Å². The minimum atomic E-state index is 0.785. The Morgan fingerprint density at radius 3 is 2.50 bits per heavy atom. The largest absolute Gasteiger partial charge is 0.316 e. The third-order valence-electron chi connectivity index (χ3n) is 3.40. The zero-order valence-electron chi connectivity index (χ0n) is 6.82. The first kappa shape index (κ1) is 6.66. The van der Waals surface area contributed by atoms with Crippen LogP contribution in [-0.4, -0.2) is 13.1 Å². The fourth-order valence-electron chi connectivity index (χ4n) is 2.52. The van der Waals surface area contributed by atoms with Crippen LogP contribution < -0.4 is 5.32 Å². The highest BCUT2D eigenvalue weighted by molar-refractivity contribution is 5.03. The van der Waals surface area contributed by atoms with Gasteiger partial charge in [0.2, 0.25) is 0 Å². The molecule has 2 saturated carbocycles. The molecule has 1 spiro atoms. The van der Waals surface area contributed by atoms with E-state index >= 15 is 0 Å². The Balaban J connectivity index is 2.01. The summed E-state index contributed by atoms with van der Waals surface area (Å²) in [6.45, 7) is 0. The average molecular weight is 139 g/mol.